The highest BCUT2D eigenvalue weighted by Crippen LogP contribution is 2.27. The molecule has 1 heterocycles. The summed E-state index contributed by atoms with van der Waals surface area (Å²) in [6.45, 7) is 5.48. The Kier molecular flexibility index (Phi) is 4.65. The van der Waals surface area contributed by atoms with Gasteiger partial charge in [-0.1, -0.05) is 11.6 Å². The van der Waals surface area contributed by atoms with Crippen molar-refractivity contribution in [2.75, 3.05) is 10.6 Å². The van der Waals surface area contributed by atoms with Crippen LogP contribution in [-0.2, 0) is 0 Å². The number of hydrogen-bond donors (Lipinski definition) is 3. The molecular formula is C15H16ClN3OS. The van der Waals surface area contributed by atoms with E-state index in [1.807, 2.05) is 26.0 Å². The number of anilines is 2. The van der Waals surface area contributed by atoms with Crippen molar-refractivity contribution in [1.82, 2.24) is 4.98 Å². The van der Waals surface area contributed by atoms with Gasteiger partial charge in [0.25, 0.3) is 0 Å². The van der Waals surface area contributed by atoms with Crippen LogP contribution in [0.5, 0.6) is 5.75 Å². The van der Waals surface area contributed by atoms with Crippen molar-refractivity contribution >= 4 is 40.4 Å². The molecule has 2 rings (SSSR count). The first-order valence-electron chi connectivity index (χ1n) is 6.39. The van der Waals surface area contributed by atoms with Gasteiger partial charge in [-0.2, -0.15) is 0 Å². The molecule has 0 bridgehead atoms. The van der Waals surface area contributed by atoms with Crippen LogP contribution in [0.15, 0.2) is 24.3 Å². The van der Waals surface area contributed by atoms with Gasteiger partial charge in [0.15, 0.2) is 5.11 Å². The summed E-state index contributed by atoms with van der Waals surface area (Å²) in [5, 5.41) is 17.1. The SMILES string of the molecule is Cc1nc(NC(=S)Nc2ccc(Cl)cc2)c(C)c(C)c1O. The molecule has 0 unspecified atom stereocenters. The minimum atomic E-state index is 0.217. The summed E-state index contributed by atoms with van der Waals surface area (Å²) >= 11 is 11.1. The highest BCUT2D eigenvalue weighted by atomic mass is 35.5. The van der Waals surface area contributed by atoms with Gasteiger partial charge in [0.05, 0.1) is 5.69 Å². The third-order valence-electron chi connectivity index (χ3n) is 3.23. The predicted octanol–water partition coefficient (Wildman–Crippen LogP) is 4.17. The Balaban J connectivity index is 2.15. The minimum Gasteiger partial charge on any atom is -0.506 e. The van der Waals surface area contributed by atoms with Crippen LogP contribution in [0.2, 0.25) is 5.02 Å². The van der Waals surface area contributed by atoms with Crippen molar-refractivity contribution in [3.05, 3.63) is 46.1 Å². The Hall–Kier alpha value is -1.85. The summed E-state index contributed by atoms with van der Waals surface area (Å²) in [6, 6.07) is 7.24. The normalized spacial score (nSPS) is 10.3. The lowest BCUT2D eigenvalue weighted by Gasteiger charge is -2.15. The number of aromatic hydroxyl groups is 1. The van der Waals surface area contributed by atoms with Crippen LogP contribution < -0.4 is 10.6 Å². The molecule has 110 valence electrons. The van der Waals surface area contributed by atoms with E-state index in [1.165, 1.54) is 0 Å². The number of rotatable bonds is 2. The Morgan fingerprint density at radius 1 is 1.10 bits per heavy atom. The number of benzene rings is 1. The molecule has 0 fully saturated rings. The quantitative estimate of drug-likeness (QED) is 0.725. The average molecular weight is 322 g/mol. The van der Waals surface area contributed by atoms with Gasteiger partial charge < -0.3 is 15.7 Å². The van der Waals surface area contributed by atoms with Crippen LogP contribution in [0.25, 0.3) is 0 Å². The Bertz CT molecular complexity index is 686. The molecule has 0 amide bonds. The molecule has 0 radical (unpaired) electrons. The lowest BCUT2D eigenvalue weighted by Crippen LogP contribution is -2.20. The molecule has 0 saturated heterocycles. The fourth-order valence-corrected chi connectivity index (χ4v) is 2.20. The molecular weight excluding hydrogens is 306 g/mol. The highest BCUT2D eigenvalue weighted by Gasteiger charge is 2.11. The maximum absolute atomic E-state index is 9.86. The molecule has 6 heteroatoms. The van der Waals surface area contributed by atoms with Crippen LogP contribution in [0, 0.1) is 20.8 Å². The number of halogens is 1. The molecule has 0 aliphatic heterocycles. The maximum atomic E-state index is 9.86. The zero-order chi connectivity index (χ0) is 15.6. The zero-order valence-electron chi connectivity index (χ0n) is 12.0. The summed E-state index contributed by atoms with van der Waals surface area (Å²) < 4.78 is 0. The molecule has 1 aromatic heterocycles. The molecule has 1 aromatic carbocycles. The van der Waals surface area contributed by atoms with Crippen molar-refractivity contribution in [2.45, 2.75) is 20.8 Å². The van der Waals surface area contributed by atoms with Gasteiger partial charge in [0.2, 0.25) is 0 Å². The van der Waals surface area contributed by atoms with E-state index >= 15 is 0 Å². The molecule has 2 aromatic rings. The second-order valence-corrected chi connectivity index (χ2v) is 5.58. The number of nitrogens with zero attached hydrogens (tertiary/aromatic N) is 1. The van der Waals surface area contributed by atoms with Crippen molar-refractivity contribution < 1.29 is 5.11 Å². The van der Waals surface area contributed by atoms with E-state index in [0.717, 1.165) is 16.8 Å². The van der Waals surface area contributed by atoms with Crippen LogP contribution in [0.3, 0.4) is 0 Å². The van der Waals surface area contributed by atoms with Gasteiger partial charge in [0.1, 0.15) is 11.6 Å². The Labute approximate surface area is 134 Å². The lowest BCUT2D eigenvalue weighted by molar-refractivity contribution is 0.463. The highest BCUT2D eigenvalue weighted by molar-refractivity contribution is 7.80. The first-order chi connectivity index (χ1) is 9.88. The summed E-state index contributed by atoms with van der Waals surface area (Å²) in [6.07, 6.45) is 0. The molecule has 0 spiro atoms. The minimum absolute atomic E-state index is 0.217. The molecule has 0 saturated carbocycles. The zero-order valence-corrected chi connectivity index (χ0v) is 13.6. The second kappa shape index (κ2) is 6.28. The number of aryl methyl sites for hydroxylation is 1. The third kappa shape index (κ3) is 3.62. The first-order valence-corrected chi connectivity index (χ1v) is 7.17. The fourth-order valence-electron chi connectivity index (χ4n) is 1.86. The van der Waals surface area contributed by atoms with Gasteiger partial charge in [-0.15, -0.1) is 0 Å². The van der Waals surface area contributed by atoms with E-state index in [1.54, 1.807) is 19.1 Å². The smallest absolute Gasteiger partial charge is 0.176 e. The first kappa shape index (κ1) is 15.5. The summed E-state index contributed by atoms with van der Waals surface area (Å²) in [7, 11) is 0. The van der Waals surface area contributed by atoms with E-state index < -0.39 is 0 Å². The van der Waals surface area contributed by atoms with Crippen LogP contribution in [-0.4, -0.2) is 15.2 Å². The van der Waals surface area contributed by atoms with Gasteiger partial charge in [-0.25, -0.2) is 4.98 Å². The second-order valence-electron chi connectivity index (χ2n) is 4.73. The van der Waals surface area contributed by atoms with Crippen molar-refractivity contribution in [2.24, 2.45) is 0 Å². The average Bonchev–Trinajstić information content (AvgIpc) is 2.45. The van der Waals surface area contributed by atoms with Crippen LogP contribution >= 0.6 is 23.8 Å². The molecule has 3 N–H and O–H groups in total. The van der Waals surface area contributed by atoms with Crippen molar-refractivity contribution in [1.29, 1.82) is 0 Å². The van der Waals surface area contributed by atoms with Crippen LogP contribution in [0.4, 0.5) is 11.5 Å². The van der Waals surface area contributed by atoms with Crippen molar-refractivity contribution in [3.63, 3.8) is 0 Å². The van der Waals surface area contributed by atoms with E-state index in [0.29, 0.717) is 21.6 Å². The number of hydrogen-bond acceptors (Lipinski definition) is 3. The van der Waals surface area contributed by atoms with Gasteiger partial charge >= 0.3 is 0 Å². The molecule has 0 aliphatic carbocycles. The van der Waals surface area contributed by atoms with Gasteiger partial charge in [-0.3, -0.25) is 0 Å². The molecule has 4 nitrogen and oxygen atoms in total. The molecule has 0 atom stereocenters. The van der Waals surface area contributed by atoms with Gasteiger partial charge in [0, 0.05) is 10.7 Å². The van der Waals surface area contributed by atoms with E-state index in [4.69, 9.17) is 23.8 Å². The number of thiocarbonyl (C=S) groups is 1. The predicted molar refractivity (Wildman–Crippen MR) is 91.4 cm³/mol. The fraction of sp³-hybridized carbons (Fsp3) is 0.200. The number of aromatic nitrogens is 1. The van der Waals surface area contributed by atoms with E-state index in [-0.39, 0.29) is 5.75 Å². The maximum Gasteiger partial charge on any atom is 0.176 e. The summed E-state index contributed by atoms with van der Waals surface area (Å²) in [5.41, 5.74) is 3.05. The number of nitrogens with one attached hydrogen (secondary N) is 2. The number of pyridine rings is 1. The van der Waals surface area contributed by atoms with Crippen molar-refractivity contribution in [3.8, 4) is 5.75 Å². The van der Waals surface area contributed by atoms with E-state index in [2.05, 4.69) is 15.6 Å². The molecule has 21 heavy (non-hydrogen) atoms. The summed E-state index contributed by atoms with van der Waals surface area (Å²) in [4.78, 5) is 4.32. The lowest BCUT2D eigenvalue weighted by atomic mass is 10.1. The standard InChI is InChI=1S/C15H16ClN3OS/c1-8-9(2)14(17-10(3)13(8)20)19-15(21)18-12-6-4-11(16)5-7-12/h4-7,20H,1-3H3,(H2,17,18,19,21). The third-order valence-corrected chi connectivity index (χ3v) is 3.69. The van der Waals surface area contributed by atoms with Gasteiger partial charge in [-0.05, 0) is 68.4 Å². The topological polar surface area (TPSA) is 57.2 Å². The monoisotopic (exact) mass is 321 g/mol. The van der Waals surface area contributed by atoms with E-state index in [9.17, 15) is 5.11 Å². The Morgan fingerprint density at radius 3 is 2.33 bits per heavy atom. The Morgan fingerprint density at radius 2 is 1.71 bits per heavy atom. The molecule has 0 aliphatic rings. The van der Waals surface area contributed by atoms with Crippen LogP contribution in [0.1, 0.15) is 16.8 Å². The largest absolute Gasteiger partial charge is 0.506 e. The summed E-state index contributed by atoms with van der Waals surface area (Å²) in [5.74, 6) is 0.851.